The molecule has 0 atom stereocenters. The van der Waals surface area contributed by atoms with Crippen molar-refractivity contribution in [3.8, 4) is 17.0 Å². The number of piperidine rings is 2. The lowest BCUT2D eigenvalue weighted by atomic mass is 9.69. The van der Waals surface area contributed by atoms with Crippen molar-refractivity contribution in [2.75, 3.05) is 44.9 Å². The number of likely N-dealkylation sites (tertiary alicyclic amines) is 1. The van der Waals surface area contributed by atoms with Gasteiger partial charge in [-0.3, -0.25) is 9.69 Å². The van der Waals surface area contributed by atoms with Crippen molar-refractivity contribution in [2.45, 2.75) is 45.1 Å². The van der Waals surface area contributed by atoms with Gasteiger partial charge in [-0.05, 0) is 82.3 Å². The van der Waals surface area contributed by atoms with Gasteiger partial charge in [-0.15, -0.1) is 11.3 Å². The fourth-order valence-corrected chi connectivity index (χ4v) is 7.27. The van der Waals surface area contributed by atoms with Gasteiger partial charge in [-0.25, -0.2) is 13.4 Å². The molecule has 1 aromatic heterocycles. The lowest BCUT2D eigenvalue weighted by molar-refractivity contribution is -0.118. The van der Waals surface area contributed by atoms with Crippen molar-refractivity contribution in [1.82, 2.24) is 14.2 Å². The molecule has 8 nitrogen and oxygen atoms in total. The van der Waals surface area contributed by atoms with Gasteiger partial charge in [0.25, 0.3) is 0 Å². The van der Waals surface area contributed by atoms with E-state index in [4.69, 9.17) is 4.74 Å². The first-order valence-corrected chi connectivity index (χ1v) is 14.3. The summed E-state index contributed by atoms with van der Waals surface area (Å²) < 4.78 is 31.7. The number of carbonyl (C=O) groups is 1. The fraction of sp³-hybridized carbons (Fsp3) is 0.583. The number of aromatic nitrogens is 1. The molecule has 2 fully saturated rings. The largest absolute Gasteiger partial charge is 0.497 e. The zero-order valence-corrected chi connectivity index (χ0v) is 22.0. The zero-order valence-electron chi connectivity index (χ0n) is 20.3. The van der Waals surface area contributed by atoms with E-state index in [9.17, 15) is 13.2 Å². The van der Waals surface area contributed by atoms with Crippen molar-refractivity contribution in [3.63, 3.8) is 0 Å². The lowest BCUT2D eigenvalue weighted by Gasteiger charge is -2.52. The molecule has 0 bridgehead atoms. The van der Waals surface area contributed by atoms with Crippen LogP contribution >= 0.6 is 11.3 Å². The summed E-state index contributed by atoms with van der Waals surface area (Å²) >= 11 is 1.41. The van der Waals surface area contributed by atoms with Crippen molar-refractivity contribution >= 4 is 32.4 Å². The minimum absolute atomic E-state index is 0.00809. The molecule has 1 aromatic carbocycles. The molecule has 186 valence electrons. The molecule has 4 rings (SSSR count). The third-order valence-corrected chi connectivity index (χ3v) is 9.42. The van der Waals surface area contributed by atoms with E-state index in [-0.39, 0.29) is 16.9 Å². The standard InChI is InChI=1S/C24H34N4O4S2/c1-23(2)9-10-24(17-28(23)34(4,30)31)11-13-27(14-12-24)15-21(29)26-22-25-20(16-33-22)18-5-7-19(32-3)8-6-18/h5-8,16H,9-15,17H2,1-4H3,(H,25,26,29). The number of thiazole rings is 1. The molecule has 2 aliphatic rings. The van der Waals surface area contributed by atoms with Crippen molar-refractivity contribution in [2.24, 2.45) is 5.41 Å². The normalized spacial score (nSPS) is 20.8. The predicted molar refractivity (Wildman–Crippen MR) is 136 cm³/mol. The smallest absolute Gasteiger partial charge is 0.240 e. The first kappa shape index (κ1) is 25.1. The summed E-state index contributed by atoms with van der Waals surface area (Å²) in [5.74, 6) is 0.714. The number of methoxy groups -OCH3 is 1. The molecule has 1 amide bonds. The van der Waals surface area contributed by atoms with Crippen LogP contribution in [0.5, 0.6) is 5.75 Å². The minimum Gasteiger partial charge on any atom is -0.497 e. The maximum atomic E-state index is 12.7. The summed E-state index contributed by atoms with van der Waals surface area (Å²) in [6.45, 7) is 6.50. The van der Waals surface area contributed by atoms with E-state index in [1.54, 1.807) is 11.4 Å². The van der Waals surface area contributed by atoms with Crippen molar-refractivity contribution in [1.29, 1.82) is 0 Å². The number of sulfonamides is 1. The van der Waals surface area contributed by atoms with Crippen LogP contribution in [0.3, 0.4) is 0 Å². The van der Waals surface area contributed by atoms with Crippen LogP contribution < -0.4 is 10.1 Å². The van der Waals surface area contributed by atoms with Crippen LogP contribution in [0, 0.1) is 5.41 Å². The molecular formula is C24H34N4O4S2. The average Bonchev–Trinajstić information content (AvgIpc) is 3.25. The van der Waals surface area contributed by atoms with Gasteiger partial charge in [0.2, 0.25) is 15.9 Å². The molecule has 34 heavy (non-hydrogen) atoms. The van der Waals surface area contributed by atoms with Crippen LogP contribution in [-0.4, -0.2) is 73.6 Å². The molecule has 0 aliphatic carbocycles. The highest BCUT2D eigenvalue weighted by Gasteiger charge is 2.47. The fourth-order valence-electron chi connectivity index (χ4n) is 5.04. The number of rotatable bonds is 6. The topological polar surface area (TPSA) is 91.8 Å². The Balaban J connectivity index is 1.30. The first-order valence-electron chi connectivity index (χ1n) is 11.6. The highest BCUT2D eigenvalue weighted by atomic mass is 32.2. The van der Waals surface area contributed by atoms with Crippen molar-refractivity contribution in [3.05, 3.63) is 29.6 Å². The van der Waals surface area contributed by atoms with E-state index in [1.807, 2.05) is 43.5 Å². The Morgan fingerprint density at radius 1 is 1.15 bits per heavy atom. The number of hydrogen-bond acceptors (Lipinski definition) is 7. The third kappa shape index (κ3) is 5.62. The molecule has 2 saturated heterocycles. The SMILES string of the molecule is COc1ccc(-c2csc(NC(=O)CN3CCC4(CC3)CCC(C)(C)N(S(C)(=O)=O)C4)n2)cc1. The van der Waals surface area contributed by atoms with Crippen molar-refractivity contribution < 1.29 is 17.9 Å². The van der Waals surface area contributed by atoms with E-state index < -0.39 is 10.0 Å². The van der Waals surface area contributed by atoms with Gasteiger partial charge in [-0.2, -0.15) is 4.31 Å². The Morgan fingerprint density at radius 2 is 1.82 bits per heavy atom. The maximum Gasteiger partial charge on any atom is 0.240 e. The minimum atomic E-state index is -3.25. The van der Waals surface area contributed by atoms with E-state index in [2.05, 4.69) is 15.2 Å². The summed E-state index contributed by atoms with van der Waals surface area (Å²) in [5.41, 5.74) is 1.46. The van der Waals surface area contributed by atoms with Gasteiger partial charge >= 0.3 is 0 Å². The third-order valence-electron chi connectivity index (χ3n) is 7.24. The van der Waals surface area contributed by atoms with Crippen LogP contribution in [0.25, 0.3) is 11.3 Å². The predicted octanol–water partition coefficient (Wildman–Crippen LogP) is 3.67. The van der Waals surface area contributed by atoms with Crippen LogP contribution in [0.2, 0.25) is 0 Å². The Labute approximate surface area is 206 Å². The van der Waals surface area contributed by atoms with Gasteiger partial charge in [0.1, 0.15) is 5.75 Å². The Bertz CT molecular complexity index is 1120. The molecule has 2 aromatic rings. The van der Waals surface area contributed by atoms with Crippen LogP contribution in [0.1, 0.15) is 39.5 Å². The quantitative estimate of drug-likeness (QED) is 0.643. The summed E-state index contributed by atoms with van der Waals surface area (Å²) in [6.07, 6.45) is 5.01. The second-order valence-electron chi connectivity index (χ2n) is 10.2. The second-order valence-corrected chi connectivity index (χ2v) is 12.9. The molecule has 0 radical (unpaired) electrons. The number of amides is 1. The second kappa shape index (κ2) is 9.56. The number of anilines is 1. The van der Waals surface area contributed by atoms with Crippen LogP contribution in [-0.2, 0) is 14.8 Å². The molecule has 0 unspecified atom stereocenters. The lowest BCUT2D eigenvalue weighted by Crippen LogP contribution is -2.58. The van der Waals surface area contributed by atoms with E-state index in [0.29, 0.717) is 18.2 Å². The van der Waals surface area contributed by atoms with Gasteiger partial charge in [0.15, 0.2) is 5.13 Å². The maximum absolute atomic E-state index is 12.7. The Hall–Kier alpha value is -2.01. The van der Waals surface area contributed by atoms with Gasteiger partial charge < -0.3 is 10.1 Å². The molecule has 1 spiro atoms. The van der Waals surface area contributed by atoms with E-state index in [1.165, 1.54) is 17.6 Å². The number of nitrogens with one attached hydrogen (secondary N) is 1. The summed E-state index contributed by atoms with van der Waals surface area (Å²) in [4.78, 5) is 19.4. The highest BCUT2D eigenvalue weighted by Crippen LogP contribution is 2.45. The summed E-state index contributed by atoms with van der Waals surface area (Å²) in [7, 11) is -1.62. The monoisotopic (exact) mass is 506 g/mol. The van der Waals surface area contributed by atoms with Gasteiger partial charge in [-0.1, -0.05) is 0 Å². The van der Waals surface area contributed by atoms with Crippen LogP contribution in [0.4, 0.5) is 5.13 Å². The van der Waals surface area contributed by atoms with Gasteiger partial charge in [0.05, 0.1) is 25.6 Å². The first-order chi connectivity index (χ1) is 16.0. The molecule has 3 heterocycles. The van der Waals surface area contributed by atoms with E-state index in [0.717, 1.165) is 55.8 Å². The van der Waals surface area contributed by atoms with Crippen LogP contribution in [0.15, 0.2) is 29.6 Å². The van der Waals surface area contributed by atoms with E-state index >= 15 is 0 Å². The average molecular weight is 507 g/mol. The Kier molecular flexibility index (Phi) is 7.06. The molecule has 0 saturated carbocycles. The summed E-state index contributed by atoms with van der Waals surface area (Å²) in [6, 6.07) is 7.66. The number of hydrogen-bond donors (Lipinski definition) is 1. The number of nitrogens with zero attached hydrogens (tertiary/aromatic N) is 3. The number of ether oxygens (including phenoxy) is 1. The highest BCUT2D eigenvalue weighted by molar-refractivity contribution is 7.88. The summed E-state index contributed by atoms with van der Waals surface area (Å²) in [5, 5.41) is 5.44. The number of benzene rings is 1. The zero-order chi connectivity index (χ0) is 24.6. The number of carbonyl (C=O) groups excluding carboxylic acids is 1. The van der Waals surface area contributed by atoms with Gasteiger partial charge in [0, 0.05) is 23.0 Å². The molecule has 1 N–H and O–H groups in total. The Morgan fingerprint density at radius 3 is 2.44 bits per heavy atom. The molecular weight excluding hydrogens is 472 g/mol. The molecule has 2 aliphatic heterocycles. The molecule has 10 heteroatoms.